The Bertz CT molecular complexity index is 847. The summed E-state index contributed by atoms with van der Waals surface area (Å²) in [4.78, 5) is 35.1. The van der Waals surface area contributed by atoms with Gasteiger partial charge in [0.25, 0.3) is 5.91 Å². The predicted molar refractivity (Wildman–Crippen MR) is 82.3 cm³/mol. The molecule has 24 heavy (non-hydrogen) atoms. The van der Waals surface area contributed by atoms with Gasteiger partial charge < -0.3 is 24.3 Å². The molecule has 0 aliphatic carbocycles. The second-order valence-corrected chi connectivity index (χ2v) is 5.52. The number of carbonyl (C=O) groups excluding carboxylic acids is 1. The molecule has 0 bridgehead atoms. The van der Waals surface area contributed by atoms with Crippen molar-refractivity contribution in [2.24, 2.45) is 0 Å². The van der Waals surface area contributed by atoms with Crippen molar-refractivity contribution in [2.75, 3.05) is 31.1 Å². The first-order valence-corrected chi connectivity index (χ1v) is 7.47. The Morgan fingerprint density at radius 3 is 3.04 bits per heavy atom. The van der Waals surface area contributed by atoms with Gasteiger partial charge in [-0.05, 0) is 0 Å². The molecule has 0 saturated carbocycles. The van der Waals surface area contributed by atoms with Gasteiger partial charge in [-0.1, -0.05) is 0 Å². The largest absolute Gasteiger partial charge is 0.438 e. The van der Waals surface area contributed by atoms with Crippen LogP contribution in [0.5, 0.6) is 0 Å². The van der Waals surface area contributed by atoms with Crippen LogP contribution in [0.1, 0.15) is 10.6 Å². The Hall–Kier alpha value is -3.01. The van der Waals surface area contributed by atoms with E-state index >= 15 is 0 Å². The maximum Gasteiger partial charge on any atom is 0.291 e. The van der Waals surface area contributed by atoms with Crippen LogP contribution in [-0.2, 0) is 0 Å². The lowest BCUT2D eigenvalue weighted by Crippen LogP contribution is -2.37. The van der Waals surface area contributed by atoms with Crippen LogP contribution in [0.25, 0.3) is 11.2 Å². The Labute approximate surface area is 136 Å². The highest BCUT2D eigenvalue weighted by atomic mass is 16.3. The van der Waals surface area contributed by atoms with Crippen LogP contribution >= 0.6 is 0 Å². The molecular formula is C14H15N7O3. The maximum absolute atomic E-state index is 12.4. The predicted octanol–water partition coefficient (Wildman–Crippen LogP) is -0.336. The molecule has 0 radical (unpaired) electrons. The number of aliphatic hydroxyl groups is 1. The van der Waals surface area contributed by atoms with Crippen LogP contribution in [0.15, 0.2) is 29.7 Å². The molecule has 3 aromatic rings. The Morgan fingerprint density at radius 1 is 1.29 bits per heavy atom. The number of oxazole rings is 1. The molecule has 2 N–H and O–H groups in total. The van der Waals surface area contributed by atoms with E-state index in [1.54, 1.807) is 11.2 Å². The molecular weight excluding hydrogens is 314 g/mol. The molecule has 1 amide bonds. The van der Waals surface area contributed by atoms with E-state index in [1.807, 2.05) is 4.90 Å². The second-order valence-electron chi connectivity index (χ2n) is 5.52. The number of amides is 1. The number of imidazole rings is 1. The zero-order valence-electron chi connectivity index (χ0n) is 12.7. The lowest BCUT2D eigenvalue weighted by atomic mass is 10.3. The van der Waals surface area contributed by atoms with E-state index in [0.29, 0.717) is 36.6 Å². The van der Waals surface area contributed by atoms with Crippen LogP contribution in [0, 0.1) is 0 Å². The van der Waals surface area contributed by atoms with Gasteiger partial charge in [0.1, 0.15) is 11.8 Å². The summed E-state index contributed by atoms with van der Waals surface area (Å²) in [5, 5.41) is 10.3. The first-order chi connectivity index (χ1) is 11.7. The average Bonchev–Trinajstić information content (AvgIpc) is 3.24. The number of aliphatic hydroxyl groups excluding tert-OH is 1. The van der Waals surface area contributed by atoms with Crippen LogP contribution in [0.2, 0.25) is 0 Å². The molecule has 4 rings (SSSR count). The quantitative estimate of drug-likeness (QED) is 0.654. The number of carbonyl (C=O) groups is 1. The van der Waals surface area contributed by atoms with Crippen molar-refractivity contribution in [1.29, 1.82) is 0 Å². The Balaban J connectivity index is 1.58. The van der Waals surface area contributed by atoms with Gasteiger partial charge in [-0.25, -0.2) is 19.9 Å². The van der Waals surface area contributed by atoms with E-state index < -0.39 is 6.10 Å². The smallest absolute Gasteiger partial charge is 0.291 e. The van der Waals surface area contributed by atoms with E-state index in [0.717, 1.165) is 0 Å². The number of β-amino-alcohol motifs (C(OH)–C–C–N with tert-alkyl or cyclic N) is 1. The number of hydrogen-bond donors (Lipinski definition) is 2. The van der Waals surface area contributed by atoms with Gasteiger partial charge in [-0.3, -0.25) is 4.79 Å². The SMILES string of the molecule is O=C(c1cnco1)N1CCN(c2ncnc3nc[nH]c23)C[C@H](O)C1. The van der Waals surface area contributed by atoms with Gasteiger partial charge in [-0.15, -0.1) is 0 Å². The van der Waals surface area contributed by atoms with Crippen molar-refractivity contribution in [3.63, 3.8) is 0 Å². The third-order valence-electron chi connectivity index (χ3n) is 3.93. The molecule has 10 heteroatoms. The minimum atomic E-state index is -0.715. The van der Waals surface area contributed by atoms with Gasteiger partial charge in [0.15, 0.2) is 17.9 Å². The van der Waals surface area contributed by atoms with Gasteiger partial charge in [0, 0.05) is 26.2 Å². The summed E-state index contributed by atoms with van der Waals surface area (Å²) in [5.41, 5.74) is 1.27. The fraction of sp³-hybridized carbons (Fsp3) is 0.357. The number of fused-ring (bicyclic) bond motifs is 1. The summed E-state index contributed by atoms with van der Waals surface area (Å²) < 4.78 is 5.05. The van der Waals surface area contributed by atoms with Gasteiger partial charge in [0.05, 0.1) is 18.6 Å². The van der Waals surface area contributed by atoms with Crippen LogP contribution in [0.3, 0.4) is 0 Å². The topological polar surface area (TPSA) is 124 Å². The first-order valence-electron chi connectivity index (χ1n) is 7.47. The summed E-state index contributed by atoms with van der Waals surface area (Å²) >= 11 is 0. The van der Waals surface area contributed by atoms with E-state index in [2.05, 4.69) is 24.9 Å². The van der Waals surface area contributed by atoms with Crippen molar-refractivity contribution in [1.82, 2.24) is 29.8 Å². The van der Waals surface area contributed by atoms with Crippen molar-refractivity contribution < 1.29 is 14.3 Å². The number of anilines is 1. The highest BCUT2D eigenvalue weighted by Crippen LogP contribution is 2.21. The molecule has 4 heterocycles. The number of aromatic nitrogens is 5. The Kier molecular flexibility index (Phi) is 3.58. The third-order valence-corrected chi connectivity index (χ3v) is 3.93. The molecule has 1 aliphatic heterocycles. The highest BCUT2D eigenvalue weighted by molar-refractivity contribution is 5.91. The highest BCUT2D eigenvalue weighted by Gasteiger charge is 2.28. The van der Waals surface area contributed by atoms with E-state index in [1.165, 1.54) is 18.9 Å². The molecule has 124 valence electrons. The molecule has 1 fully saturated rings. The normalized spacial score (nSPS) is 18.8. The lowest BCUT2D eigenvalue weighted by Gasteiger charge is -2.22. The zero-order valence-corrected chi connectivity index (χ0v) is 12.7. The molecule has 3 aromatic heterocycles. The zero-order chi connectivity index (χ0) is 16.5. The summed E-state index contributed by atoms with van der Waals surface area (Å²) in [7, 11) is 0. The average molecular weight is 329 g/mol. The fourth-order valence-electron chi connectivity index (χ4n) is 2.84. The first kappa shape index (κ1) is 14.6. The van der Waals surface area contributed by atoms with Crippen LogP contribution in [-0.4, -0.2) is 73.1 Å². The fourth-order valence-corrected chi connectivity index (χ4v) is 2.84. The summed E-state index contributed by atoms with van der Waals surface area (Å²) in [6.07, 6.45) is 4.86. The molecule has 0 aromatic carbocycles. The number of H-pyrrole nitrogens is 1. The van der Waals surface area contributed by atoms with Crippen molar-refractivity contribution >= 4 is 22.9 Å². The number of nitrogens with one attached hydrogen (secondary N) is 1. The second kappa shape index (κ2) is 5.89. The standard InChI is InChI=1S/C14H15N7O3/c22-9-4-20(13-11-12(17-6-16-11)18-7-19-13)1-2-21(5-9)14(23)10-3-15-8-24-10/h3,6-9,22H,1-2,4-5H2,(H,16,17,18,19)/t9-/m0/s1. The number of hydrogen-bond acceptors (Lipinski definition) is 8. The van der Waals surface area contributed by atoms with E-state index in [4.69, 9.17) is 4.42 Å². The molecule has 0 spiro atoms. The molecule has 10 nitrogen and oxygen atoms in total. The lowest BCUT2D eigenvalue weighted by molar-refractivity contribution is 0.0643. The minimum absolute atomic E-state index is 0.161. The van der Waals surface area contributed by atoms with Crippen molar-refractivity contribution in [3.8, 4) is 0 Å². The third kappa shape index (κ3) is 2.56. The van der Waals surface area contributed by atoms with Crippen molar-refractivity contribution in [3.05, 3.63) is 31.0 Å². The summed E-state index contributed by atoms with van der Waals surface area (Å²) in [6.45, 7) is 1.51. The van der Waals surface area contributed by atoms with Crippen LogP contribution < -0.4 is 4.90 Å². The monoisotopic (exact) mass is 329 g/mol. The van der Waals surface area contributed by atoms with E-state index in [-0.39, 0.29) is 18.2 Å². The maximum atomic E-state index is 12.4. The Morgan fingerprint density at radius 2 is 2.21 bits per heavy atom. The van der Waals surface area contributed by atoms with Crippen molar-refractivity contribution in [2.45, 2.75) is 6.10 Å². The molecule has 0 unspecified atom stereocenters. The minimum Gasteiger partial charge on any atom is -0.438 e. The summed E-state index contributed by atoms with van der Waals surface area (Å²) in [6, 6.07) is 0. The van der Waals surface area contributed by atoms with Gasteiger partial charge in [0.2, 0.25) is 5.76 Å². The number of aromatic amines is 1. The number of nitrogens with zero attached hydrogens (tertiary/aromatic N) is 6. The van der Waals surface area contributed by atoms with Gasteiger partial charge in [-0.2, -0.15) is 0 Å². The molecule has 1 atom stereocenters. The number of rotatable bonds is 2. The molecule has 1 aliphatic rings. The van der Waals surface area contributed by atoms with Crippen LogP contribution in [0.4, 0.5) is 5.82 Å². The van der Waals surface area contributed by atoms with Gasteiger partial charge >= 0.3 is 0 Å². The van der Waals surface area contributed by atoms with E-state index in [9.17, 15) is 9.90 Å². The summed E-state index contributed by atoms with van der Waals surface area (Å²) in [5.74, 6) is 0.530. The molecule has 1 saturated heterocycles.